The average molecular weight is 423 g/mol. The van der Waals surface area contributed by atoms with Gasteiger partial charge in [0, 0.05) is 35.4 Å². The maximum atomic E-state index is 12.4. The van der Waals surface area contributed by atoms with Crippen molar-refractivity contribution in [1.82, 2.24) is 30.0 Å². The zero-order valence-electron chi connectivity index (χ0n) is 16.4. The third-order valence-corrected chi connectivity index (χ3v) is 4.61. The van der Waals surface area contributed by atoms with Crippen LogP contribution >= 0.6 is 11.6 Å². The van der Waals surface area contributed by atoms with E-state index < -0.39 is 0 Å². The molecule has 0 radical (unpaired) electrons. The molecule has 0 aliphatic rings. The summed E-state index contributed by atoms with van der Waals surface area (Å²) in [4.78, 5) is 25.4. The number of halogens is 1. The predicted octanol–water partition coefficient (Wildman–Crippen LogP) is 4.02. The van der Waals surface area contributed by atoms with E-state index in [2.05, 4.69) is 25.4 Å². The topological polar surface area (TPSA) is 98.7 Å². The van der Waals surface area contributed by atoms with Crippen molar-refractivity contribution in [3.05, 3.63) is 77.2 Å². The average Bonchev–Trinajstić information content (AvgIpc) is 3.42. The lowest BCUT2D eigenvalue weighted by Crippen LogP contribution is -2.23. The molecule has 3 aromatic heterocycles. The van der Waals surface area contributed by atoms with Crippen molar-refractivity contribution in [1.29, 1.82) is 0 Å². The maximum Gasteiger partial charge on any atom is 0.271 e. The number of carbonyl (C=O) groups excluding carboxylic acids is 1. The summed E-state index contributed by atoms with van der Waals surface area (Å²) in [5.74, 6) is 1.53. The van der Waals surface area contributed by atoms with Crippen LogP contribution in [-0.4, -0.2) is 30.6 Å². The van der Waals surface area contributed by atoms with E-state index in [1.165, 1.54) is 6.33 Å². The normalized spacial score (nSPS) is 11.1. The van der Waals surface area contributed by atoms with Gasteiger partial charge in [0.05, 0.1) is 0 Å². The van der Waals surface area contributed by atoms with Crippen molar-refractivity contribution in [2.45, 2.75) is 26.3 Å². The lowest BCUT2D eigenvalue weighted by molar-refractivity contribution is 0.0946. The van der Waals surface area contributed by atoms with Crippen molar-refractivity contribution in [3.8, 4) is 17.3 Å². The summed E-state index contributed by atoms with van der Waals surface area (Å²) in [5.41, 5.74) is 1.93. The molecule has 4 aromatic rings. The molecule has 1 N–H and O–H groups in total. The molecule has 30 heavy (non-hydrogen) atoms. The van der Waals surface area contributed by atoms with Gasteiger partial charge in [-0.15, -0.1) is 0 Å². The second-order valence-corrected chi connectivity index (χ2v) is 7.43. The number of rotatable bonds is 6. The molecule has 0 spiro atoms. The fraction of sp³-hybridized carbons (Fsp3) is 0.190. The molecule has 0 atom stereocenters. The minimum Gasteiger partial charge on any atom is -0.347 e. The Balaban J connectivity index is 1.48. The largest absolute Gasteiger partial charge is 0.347 e. The number of aromatic nitrogens is 5. The molecule has 0 fully saturated rings. The van der Waals surface area contributed by atoms with Crippen LogP contribution in [0.5, 0.6) is 0 Å². The highest BCUT2D eigenvalue weighted by Gasteiger charge is 2.14. The Morgan fingerprint density at radius 2 is 2.10 bits per heavy atom. The fourth-order valence-electron chi connectivity index (χ4n) is 2.76. The van der Waals surface area contributed by atoms with Gasteiger partial charge < -0.3 is 9.84 Å². The Bertz CT molecular complexity index is 1180. The van der Waals surface area contributed by atoms with Crippen LogP contribution < -0.4 is 5.32 Å². The monoisotopic (exact) mass is 422 g/mol. The summed E-state index contributed by atoms with van der Waals surface area (Å²) >= 11 is 5.97. The molecule has 0 saturated heterocycles. The Kier molecular flexibility index (Phi) is 5.58. The van der Waals surface area contributed by atoms with Crippen molar-refractivity contribution in [2.24, 2.45) is 0 Å². The summed E-state index contributed by atoms with van der Waals surface area (Å²) in [6.07, 6.45) is 4.79. The van der Waals surface area contributed by atoms with Crippen LogP contribution in [0.25, 0.3) is 17.3 Å². The molecule has 0 aliphatic heterocycles. The second kappa shape index (κ2) is 8.46. The molecule has 152 valence electrons. The maximum absolute atomic E-state index is 12.4. The third-order valence-electron chi connectivity index (χ3n) is 4.37. The third kappa shape index (κ3) is 4.38. The standard InChI is InChI=1S/C21H19ClN6O2/c1-13(2)19-26-21(30-27-19)15-6-7-23-18(9-15)28-11-17(25-12-28)20(29)24-10-14-4-3-5-16(22)8-14/h3-9,11-13H,10H2,1-2H3,(H,24,29). The Labute approximate surface area is 177 Å². The van der Waals surface area contributed by atoms with Crippen molar-refractivity contribution >= 4 is 17.5 Å². The molecule has 3 heterocycles. The summed E-state index contributed by atoms with van der Waals surface area (Å²) in [6, 6.07) is 10.9. The molecule has 0 aliphatic carbocycles. The van der Waals surface area contributed by atoms with Crippen LogP contribution in [0.3, 0.4) is 0 Å². The lowest BCUT2D eigenvalue weighted by atomic mass is 10.2. The Morgan fingerprint density at radius 3 is 2.87 bits per heavy atom. The van der Waals surface area contributed by atoms with Crippen LogP contribution in [0, 0.1) is 0 Å². The minimum atomic E-state index is -0.289. The van der Waals surface area contributed by atoms with Gasteiger partial charge in [0.2, 0.25) is 0 Å². The molecule has 0 saturated carbocycles. The highest BCUT2D eigenvalue weighted by molar-refractivity contribution is 6.30. The van der Waals surface area contributed by atoms with E-state index in [0.717, 1.165) is 11.1 Å². The molecule has 4 rings (SSSR count). The van der Waals surface area contributed by atoms with E-state index in [-0.39, 0.29) is 17.5 Å². The molecule has 0 unspecified atom stereocenters. The van der Waals surface area contributed by atoms with E-state index >= 15 is 0 Å². The van der Waals surface area contributed by atoms with Gasteiger partial charge in [-0.3, -0.25) is 9.36 Å². The fourth-order valence-corrected chi connectivity index (χ4v) is 2.98. The van der Waals surface area contributed by atoms with E-state index in [1.54, 1.807) is 41.2 Å². The number of imidazole rings is 1. The van der Waals surface area contributed by atoms with E-state index in [9.17, 15) is 4.79 Å². The number of nitrogens with zero attached hydrogens (tertiary/aromatic N) is 5. The van der Waals surface area contributed by atoms with Crippen molar-refractivity contribution < 1.29 is 9.32 Å². The van der Waals surface area contributed by atoms with Crippen LogP contribution in [0.15, 0.2) is 59.6 Å². The first-order valence-corrected chi connectivity index (χ1v) is 9.74. The van der Waals surface area contributed by atoms with Gasteiger partial charge in [-0.25, -0.2) is 9.97 Å². The number of pyridine rings is 1. The molecular weight excluding hydrogens is 404 g/mol. The van der Waals surface area contributed by atoms with Crippen molar-refractivity contribution in [3.63, 3.8) is 0 Å². The quantitative estimate of drug-likeness (QED) is 0.503. The minimum absolute atomic E-state index is 0.172. The molecule has 1 amide bonds. The zero-order chi connectivity index (χ0) is 21.1. The highest BCUT2D eigenvalue weighted by atomic mass is 35.5. The zero-order valence-corrected chi connectivity index (χ0v) is 17.2. The van der Waals surface area contributed by atoms with Gasteiger partial charge in [-0.05, 0) is 29.8 Å². The van der Waals surface area contributed by atoms with E-state index in [1.807, 2.05) is 26.0 Å². The second-order valence-electron chi connectivity index (χ2n) is 6.99. The van der Waals surface area contributed by atoms with Crippen LogP contribution in [-0.2, 0) is 6.54 Å². The lowest BCUT2D eigenvalue weighted by Gasteiger charge is -2.04. The Hall–Kier alpha value is -3.52. The number of benzene rings is 1. The Morgan fingerprint density at radius 1 is 1.23 bits per heavy atom. The van der Waals surface area contributed by atoms with Crippen LogP contribution in [0.4, 0.5) is 0 Å². The summed E-state index contributed by atoms with van der Waals surface area (Å²) in [7, 11) is 0. The first kappa shape index (κ1) is 19.8. The van der Waals surface area contributed by atoms with Gasteiger partial charge in [0.1, 0.15) is 17.8 Å². The summed E-state index contributed by atoms with van der Waals surface area (Å²) in [6.45, 7) is 4.35. The van der Waals surface area contributed by atoms with Gasteiger partial charge in [-0.1, -0.05) is 42.7 Å². The van der Waals surface area contributed by atoms with Gasteiger partial charge in [-0.2, -0.15) is 4.98 Å². The predicted molar refractivity (Wildman–Crippen MR) is 111 cm³/mol. The molecule has 8 nitrogen and oxygen atoms in total. The van der Waals surface area contributed by atoms with E-state index in [4.69, 9.17) is 16.1 Å². The van der Waals surface area contributed by atoms with Gasteiger partial charge in [0.15, 0.2) is 5.82 Å². The smallest absolute Gasteiger partial charge is 0.271 e. The van der Waals surface area contributed by atoms with E-state index in [0.29, 0.717) is 29.1 Å². The summed E-state index contributed by atoms with van der Waals surface area (Å²) < 4.78 is 7.01. The SMILES string of the molecule is CC(C)c1noc(-c2ccnc(-n3cnc(C(=O)NCc4cccc(Cl)c4)c3)c2)n1. The number of hydrogen-bond acceptors (Lipinski definition) is 6. The van der Waals surface area contributed by atoms with Gasteiger partial charge >= 0.3 is 0 Å². The molecular formula is C21H19ClN6O2. The van der Waals surface area contributed by atoms with Gasteiger partial charge in [0.25, 0.3) is 11.8 Å². The van der Waals surface area contributed by atoms with Crippen LogP contribution in [0.2, 0.25) is 5.02 Å². The van der Waals surface area contributed by atoms with Crippen molar-refractivity contribution in [2.75, 3.05) is 0 Å². The van der Waals surface area contributed by atoms with Crippen LogP contribution in [0.1, 0.15) is 41.6 Å². The first-order valence-electron chi connectivity index (χ1n) is 9.36. The number of nitrogens with one attached hydrogen (secondary N) is 1. The molecule has 9 heteroatoms. The number of amides is 1. The number of carbonyl (C=O) groups is 1. The molecule has 1 aromatic carbocycles. The highest BCUT2D eigenvalue weighted by Crippen LogP contribution is 2.21. The first-order chi connectivity index (χ1) is 14.5. The summed E-state index contributed by atoms with van der Waals surface area (Å²) in [5, 5.41) is 7.44. The number of hydrogen-bond donors (Lipinski definition) is 1. The molecule has 0 bridgehead atoms.